The highest BCUT2D eigenvalue weighted by Crippen LogP contribution is 2.48. The lowest BCUT2D eigenvalue weighted by atomic mass is 10.1. The minimum absolute atomic E-state index is 0.128. The SMILES string of the molecule is NCC#Cc1cc(F)ccc1N1C(=O)C2CC2C1=O. The van der Waals surface area contributed by atoms with Gasteiger partial charge in [0.15, 0.2) is 0 Å². The Kier molecular flexibility index (Phi) is 2.61. The molecular formula is C14H11FN2O2. The zero-order valence-corrected chi connectivity index (χ0v) is 10.0. The number of carbonyl (C=O) groups is 2. The molecule has 96 valence electrons. The molecule has 2 fully saturated rings. The van der Waals surface area contributed by atoms with Crippen LogP contribution in [-0.4, -0.2) is 18.4 Å². The number of carbonyl (C=O) groups excluding carboxylic acids is 2. The van der Waals surface area contributed by atoms with Crippen molar-refractivity contribution < 1.29 is 14.0 Å². The minimum atomic E-state index is -0.464. The van der Waals surface area contributed by atoms with Crippen LogP contribution in [0.5, 0.6) is 0 Å². The molecule has 2 N–H and O–H groups in total. The lowest BCUT2D eigenvalue weighted by Gasteiger charge is -2.18. The molecule has 1 aromatic rings. The van der Waals surface area contributed by atoms with Crippen LogP contribution in [0, 0.1) is 29.5 Å². The monoisotopic (exact) mass is 258 g/mol. The number of anilines is 1. The predicted molar refractivity (Wildman–Crippen MR) is 66.4 cm³/mol. The van der Waals surface area contributed by atoms with E-state index in [1.54, 1.807) is 0 Å². The lowest BCUT2D eigenvalue weighted by Crippen LogP contribution is -2.33. The first kappa shape index (κ1) is 11.9. The number of hydrogen-bond acceptors (Lipinski definition) is 3. The largest absolute Gasteiger partial charge is 0.320 e. The highest BCUT2D eigenvalue weighted by atomic mass is 19.1. The Hall–Kier alpha value is -2.19. The number of piperidine rings is 1. The average molecular weight is 258 g/mol. The summed E-state index contributed by atoms with van der Waals surface area (Å²) in [6.07, 6.45) is 0.638. The summed E-state index contributed by atoms with van der Waals surface area (Å²) in [6, 6.07) is 3.84. The molecule has 2 aliphatic rings. The van der Waals surface area contributed by atoms with Crippen LogP contribution < -0.4 is 10.6 Å². The number of nitrogens with zero attached hydrogens (tertiary/aromatic N) is 1. The van der Waals surface area contributed by atoms with E-state index in [4.69, 9.17) is 5.73 Å². The van der Waals surface area contributed by atoms with Gasteiger partial charge in [-0.15, -0.1) is 0 Å². The Morgan fingerprint density at radius 3 is 2.63 bits per heavy atom. The van der Waals surface area contributed by atoms with Gasteiger partial charge in [-0.3, -0.25) is 9.59 Å². The predicted octanol–water partition coefficient (Wildman–Crippen LogP) is 0.645. The zero-order valence-electron chi connectivity index (χ0n) is 10.0. The quantitative estimate of drug-likeness (QED) is 0.594. The summed E-state index contributed by atoms with van der Waals surface area (Å²) < 4.78 is 13.3. The van der Waals surface area contributed by atoms with E-state index in [1.807, 2.05) is 0 Å². The molecule has 0 radical (unpaired) electrons. The molecule has 0 aromatic heterocycles. The second-order valence-electron chi connectivity index (χ2n) is 4.63. The van der Waals surface area contributed by atoms with Gasteiger partial charge in [0.25, 0.3) is 0 Å². The van der Waals surface area contributed by atoms with E-state index in [0.29, 0.717) is 17.7 Å². The third kappa shape index (κ3) is 1.81. The summed E-state index contributed by atoms with van der Waals surface area (Å²) in [7, 11) is 0. The molecule has 1 aliphatic heterocycles. The molecule has 1 heterocycles. The molecule has 3 rings (SSSR count). The maximum absolute atomic E-state index is 13.3. The molecule has 2 amide bonds. The number of amides is 2. The average Bonchev–Trinajstić information content (AvgIpc) is 3.14. The molecule has 2 unspecified atom stereocenters. The van der Waals surface area contributed by atoms with Gasteiger partial charge >= 0.3 is 0 Å². The van der Waals surface area contributed by atoms with E-state index in [-0.39, 0.29) is 30.2 Å². The number of rotatable bonds is 1. The van der Waals surface area contributed by atoms with Gasteiger partial charge in [0, 0.05) is 0 Å². The van der Waals surface area contributed by atoms with E-state index in [1.165, 1.54) is 18.2 Å². The van der Waals surface area contributed by atoms with Crippen molar-refractivity contribution in [2.24, 2.45) is 17.6 Å². The van der Waals surface area contributed by atoms with Crippen molar-refractivity contribution in [3.05, 3.63) is 29.6 Å². The standard InChI is InChI=1S/C14H11FN2O2/c15-9-3-4-12(8(6-9)2-1-5-16)17-13(18)10-7-11(10)14(17)19/h3-4,6,10-11H,5,7,16H2. The first-order valence-corrected chi connectivity index (χ1v) is 6.00. The molecule has 1 saturated heterocycles. The number of imide groups is 1. The molecule has 1 aromatic carbocycles. The molecule has 1 aliphatic carbocycles. The van der Waals surface area contributed by atoms with Crippen molar-refractivity contribution in [2.75, 3.05) is 11.4 Å². The number of fused-ring (bicyclic) bond motifs is 1. The maximum atomic E-state index is 13.3. The molecule has 4 nitrogen and oxygen atoms in total. The van der Waals surface area contributed by atoms with Crippen molar-refractivity contribution in [3.8, 4) is 11.8 Å². The fourth-order valence-electron chi connectivity index (χ4n) is 2.37. The van der Waals surface area contributed by atoms with Gasteiger partial charge in [-0.05, 0) is 24.6 Å². The van der Waals surface area contributed by atoms with Crippen LogP contribution in [0.1, 0.15) is 12.0 Å². The Bertz CT molecular complexity index is 625. The Morgan fingerprint density at radius 2 is 2.00 bits per heavy atom. The zero-order chi connectivity index (χ0) is 13.6. The summed E-state index contributed by atoms with van der Waals surface area (Å²) in [4.78, 5) is 25.1. The van der Waals surface area contributed by atoms with Crippen LogP contribution in [-0.2, 0) is 9.59 Å². The van der Waals surface area contributed by atoms with Crippen molar-refractivity contribution in [2.45, 2.75) is 6.42 Å². The Labute approximate surface area is 109 Å². The van der Waals surface area contributed by atoms with Crippen molar-refractivity contribution in [1.82, 2.24) is 0 Å². The molecule has 0 spiro atoms. The van der Waals surface area contributed by atoms with Crippen LogP contribution >= 0.6 is 0 Å². The number of benzene rings is 1. The highest BCUT2D eigenvalue weighted by Gasteiger charge is 2.59. The fourth-order valence-corrected chi connectivity index (χ4v) is 2.37. The van der Waals surface area contributed by atoms with Gasteiger partial charge in [-0.25, -0.2) is 9.29 Å². The van der Waals surface area contributed by atoms with Gasteiger partial charge in [0.05, 0.1) is 29.6 Å². The van der Waals surface area contributed by atoms with Gasteiger partial charge < -0.3 is 5.73 Å². The van der Waals surface area contributed by atoms with E-state index in [2.05, 4.69) is 11.8 Å². The van der Waals surface area contributed by atoms with E-state index >= 15 is 0 Å². The normalized spacial score (nSPS) is 24.0. The van der Waals surface area contributed by atoms with Gasteiger partial charge in [0.2, 0.25) is 11.8 Å². The van der Waals surface area contributed by atoms with E-state index in [0.717, 1.165) is 4.90 Å². The molecule has 5 heteroatoms. The van der Waals surface area contributed by atoms with Crippen molar-refractivity contribution in [3.63, 3.8) is 0 Å². The third-order valence-electron chi connectivity index (χ3n) is 3.39. The van der Waals surface area contributed by atoms with Gasteiger partial charge in [0.1, 0.15) is 5.82 Å². The van der Waals surface area contributed by atoms with Crippen LogP contribution in [0.2, 0.25) is 0 Å². The summed E-state index contributed by atoms with van der Waals surface area (Å²) in [5, 5.41) is 0. The third-order valence-corrected chi connectivity index (χ3v) is 3.39. The highest BCUT2D eigenvalue weighted by molar-refractivity contribution is 6.25. The van der Waals surface area contributed by atoms with Crippen LogP contribution in [0.3, 0.4) is 0 Å². The number of halogens is 1. The topological polar surface area (TPSA) is 63.4 Å². The summed E-state index contributed by atoms with van der Waals surface area (Å²) in [6.45, 7) is 0.128. The number of nitrogens with two attached hydrogens (primary N) is 1. The smallest absolute Gasteiger partial charge is 0.237 e. The number of hydrogen-bond donors (Lipinski definition) is 1. The second kappa shape index (κ2) is 4.18. The van der Waals surface area contributed by atoms with E-state index < -0.39 is 5.82 Å². The van der Waals surface area contributed by atoms with Crippen molar-refractivity contribution >= 4 is 17.5 Å². The molecule has 19 heavy (non-hydrogen) atoms. The lowest BCUT2D eigenvalue weighted by molar-refractivity contribution is -0.123. The Balaban J connectivity index is 2.05. The first-order chi connectivity index (χ1) is 9.13. The Morgan fingerprint density at radius 1 is 1.32 bits per heavy atom. The maximum Gasteiger partial charge on any atom is 0.237 e. The summed E-state index contributed by atoms with van der Waals surface area (Å²) in [5.41, 5.74) is 5.95. The minimum Gasteiger partial charge on any atom is -0.320 e. The van der Waals surface area contributed by atoms with E-state index in [9.17, 15) is 14.0 Å². The molecule has 0 bridgehead atoms. The fraction of sp³-hybridized carbons (Fsp3) is 0.286. The van der Waals surface area contributed by atoms with Crippen LogP contribution in [0.4, 0.5) is 10.1 Å². The summed E-state index contributed by atoms with van der Waals surface area (Å²) >= 11 is 0. The van der Waals surface area contributed by atoms with Crippen LogP contribution in [0.25, 0.3) is 0 Å². The molecule has 2 atom stereocenters. The first-order valence-electron chi connectivity index (χ1n) is 6.00. The van der Waals surface area contributed by atoms with Gasteiger partial charge in [-0.1, -0.05) is 11.8 Å². The summed E-state index contributed by atoms with van der Waals surface area (Å²) in [5.74, 6) is 4.05. The molecule has 1 saturated carbocycles. The van der Waals surface area contributed by atoms with Crippen molar-refractivity contribution in [1.29, 1.82) is 0 Å². The molecular weight excluding hydrogens is 247 g/mol. The second-order valence-corrected chi connectivity index (χ2v) is 4.63. The van der Waals surface area contributed by atoms with Gasteiger partial charge in [-0.2, -0.15) is 0 Å². The van der Waals surface area contributed by atoms with Crippen LogP contribution in [0.15, 0.2) is 18.2 Å².